The normalized spacial score (nSPS) is 11.2. The van der Waals surface area contributed by atoms with Crippen molar-refractivity contribution in [2.75, 3.05) is 5.32 Å². The van der Waals surface area contributed by atoms with Crippen LogP contribution < -0.4 is 11.1 Å². The van der Waals surface area contributed by atoms with Gasteiger partial charge in [0, 0.05) is 23.8 Å². The molecule has 3 N–H and O–H groups in total. The zero-order chi connectivity index (χ0) is 13.7. The smallest absolute Gasteiger partial charge is 0.244 e. The van der Waals surface area contributed by atoms with Crippen LogP contribution in [0.3, 0.4) is 0 Å². The van der Waals surface area contributed by atoms with Crippen LogP contribution >= 0.6 is 0 Å². The third kappa shape index (κ3) is 3.65. The number of rotatable bonds is 4. The number of nitrogens with one attached hydrogen (secondary N) is 1. The lowest BCUT2D eigenvalue weighted by Gasteiger charge is -2.05. The predicted molar refractivity (Wildman–Crippen MR) is 68.5 cm³/mol. The molecule has 1 heterocycles. The molecule has 0 aromatic carbocycles. The van der Waals surface area contributed by atoms with Gasteiger partial charge in [0.05, 0.1) is 5.69 Å². The summed E-state index contributed by atoms with van der Waals surface area (Å²) in [7, 11) is 0. The van der Waals surface area contributed by atoms with Gasteiger partial charge in [0.25, 0.3) is 0 Å². The Labute approximate surface area is 105 Å². The fraction of sp³-hybridized carbons (Fsp3) is 0.333. The van der Waals surface area contributed by atoms with E-state index in [0.29, 0.717) is 23.3 Å². The highest BCUT2D eigenvalue weighted by atomic mass is 16.2. The molecule has 2 amide bonds. The number of aryl methyl sites for hydroxylation is 1. The molecule has 18 heavy (non-hydrogen) atoms. The number of anilines is 1. The molecule has 96 valence electrons. The molecule has 0 spiro atoms. The minimum Gasteiger partial charge on any atom is -0.366 e. The first kappa shape index (κ1) is 13.8. The standard InChI is InChI=1S/C12H16N4O2/c1-4-10(17)16-12-14-6-9(8(3)15-12)5-7(2)11(13)18/h5-6H,4H2,1-3H3,(H2,13,18)(H,14,15,16,17)/b7-5+. The number of carbonyl (C=O) groups excluding carboxylic acids is 2. The lowest BCUT2D eigenvalue weighted by molar-refractivity contribution is -0.116. The number of aromatic nitrogens is 2. The molecule has 0 aliphatic rings. The summed E-state index contributed by atoms with van der Waals surface area (Å²) in [5, 5.41) is 2.56. The fourth-order valence-electron chi connectivity index (χ4n) is 1.20. The summed E-state index contributed by atoms with van der Waals surface area (Å²) in [4.78, 5) is 30.2. The highest BCUT2D eigenvalue weighted by molar-refractivity contribution is 5.96. The van der Waals surface area contributed by atoms with Crippen LogP contribution in [-0.2, 0) is 9.59 Å². The number of hydrogen-bond acceptors (Lipinski definition) is 4. The molecule has 0 radical (unpaired) electrons. The maximum Gasteiger partial charge on any atom is 0.244 e. The van der Waals surface area contributed by atoms with Crippen LogP contribution in [0.25, 0.3) is 6.08 Å². The number of hydrogen-bond donors (Lipinski definition) is 2. The Morgan fingerprint density at radius 1 is 1.50 bits per heavy atom. The first-order valence-electron chi connectivity index (χ1n) is 5.55. The van der Waals surface area contributed by atoms with E-state index in [1.165, 1.54) is 0 Å². The van der Waals surface area contributed by atoms with E-state index in [9.17, 15) is 9.59 Å². The Balaban J connectivity index is 2.96. The summed E-state index contributed by atoms with van der Waals surface area (Å²) in [6.07, 6.45) is 3.52. The monoisotopic (exact) mass is 248 g/mol. The molecule has 0 atom stereocenters. The second-order valence-corrected chi connectivity index (χ2v) is 3.83. The highest BCUT2D eigenvalue weighted by Gasteiger charge is 2.05. The Bertz CT molecular complexity index is 509. The summed E-state index contributed by atoms with van der Waals surface area (Å²) in [6, 6.07) is 0. The van der Waals surface area contributed by atoms with Crippen molar-refractivity contribution in [1.29, 1.82) is 0 Å². The van der Waals surface area contributed by atoms with Gasteiger partial charge >= 0.3 is 0 Å². The average molecular weight is 248 g/mol. The van der Waals surface area contributed by atoms with Crippen molar-refractivity contribution in [3.05, 3.63) is 23.0 Å². The van der Waals surface area contributed by atoms with Crippen LogP contribution in [0, 0.1) is 6.92 Å². The molecular formula is C12H16N4O2. The largest absolute Gasteiger partial charge is 0.366 e. The lowest BCUT2D eigenvalue weighted by atomic mass is 10.1. The van der Waals surface area contributed by atoms with Gasteiger partial charge < -0.3 is 5.73 Å². The lowest BCUT2D eigenvalue weighted by Crippen LogP contribution is -2.13. The summed E-state index contributed by atoms with van der Waals surface area (Å²) in [5.41, 5.74) is 6.92. The van der Waals surface area contributed by atoms with Crippen LogP contribution in [0.1, 0.15) is 31.5 Å². The Hall–Kier alpha value is -2.24. The minimum atomic E-state index is -0.488. The Morgan fingerprint density at radius 3 is 2.67 bits per heavy atom. The van der Waals surface area contributed by atoms with Crippen LogP contribution in [0.15, 0.2) is 11.8 Å². The molecule has 0 fully saturated rings. The fourth-order valence-corrected chi connectivity index (χ4v) is 1.20. The van der Waals surface area contributed by atoms with Gasteiger partial charge in [0.1, 0.15) is 0 Å². The SMILES string of the molecule is CCC(=O)Nc1ncc(/C=C(\C)C(N)=O)c(C)n1. The molecule has 1 aromatic rings. The minimum absolute atomic E-state index is 0.147. The molecular weight excluding hydrogens is 232 g/mol. The number of amides is 2. The molecule has 0 unspecified atom stereocenters. The number of carbonyl (C=O) groups is 2. The molecule has 0 bridgehead atoms. The van der Waals surface area contributed by atoms with Gasteiger partial charge in [-0.05, 0) is 19.9 Å². The summed E-state index contributed by atoms with van der Waals surface area (Å²) in [5.74, 6) is -0.378. The van der Waals surface area contributed by atoms with Gasteiger partial charge in [-0.1, -0.05) is 6.92 Å². The van der Waals surface area contributed by atoms with E-state index in [1.54, 1.807) is 33.0 Å². The zero-order valence-electron chi connectivity index (χ0n) is 10.7. The zero-order valence-corrected chi connectivity index (χ0v) is 10.7. The topological polar surface area (TPSA) is 98.0 Å². The first-order valence-corrected chi connectivity index (χ1v) is 5.55. The molecule has 0 aliphatic heterocycles. The van der Waals surface area contributed by atoms with Gasteiger partial charge in [-0.3, -0.25) is 14.9 Å². The van der Waals surface area contributed by atoms with E-state index < -0.39 is 5.91 Å². The molecule has 0 saturated heterocycles. The number of nitrogens with zero attached hydrogens (tertiary/aromatic N) is 2. The van der Waals surface area contributed by atoms with E-state index in [2.05, 4.69) is 15.3 Å². The van der Waals surface area contributed by atoms with E-state index in [0.717, 1.165) is 0 Å². The number of nitrogens with two attached hydrogens (primary N) is 1. The van der Waals surface area contributed by atoms with Crippen LogP contribution in [0.4, 0.5) is 5.95 Å². The van der Waals surface area contributed by atoms with Crippen LogP contribution in [-0.4, -0.2) is 21.8 Å². The second-order valence-electron chi connectivity index (χ2n) is 3.83. The van der Waals surface area contributed by atoms with E-state index in [-0.39, 0.29) is 11.9 Å². The molecule has 1 aromatic heterocycles. The van der Waals surface area contributed by atoms with Crippen LogP contribution in [0.2, 0.25) is 0 Å². The molecule has 6 heteroatoms. The van der Waals surface area contributed by atoms with Gasteiger partial charge in [0.2, 0.25) is 17.8 Å². The van der Waals surface area contributed by atoms with E-state index in [4.69, 9.17) is 5.73 Å². The van der Waals surface area contributed by atoms with Crippen LogP contribution in [0.5, 0.6) is 0 Å². The summed E-state index contributed by atoms with van der Waals surface area (Å²) < 4.78 is 0. The first-order chi connectivity index (χ1) is 8.43. The van der Waals surface area contributed by atoms with Gasteiger partial charge in [-0.2, -0.15) is 0 Å². The van der Waals surface area contributed by atoms with Crippen molar-refractivity contribution in [2.45, 2.75) is 27.2 Å². The van der Waals surface area contributed by atoms with Crippen molar-refractivity contribution in [2.24, 2.45) is 5.73 Å². The van der Waals surface area contributed by atoms with Crippen molar-refractivity contribution in [1.82, 2.24) is 9.97 Å². The Kier molecular flexibility index (Phi) is 4.53. The van der Waals surface area contributed by atoms with Gasteiger partial charge in [-0.15, -0.1) is 0 Å². The van der Waals surface area contributed by atoms with Crippen molar-refractivity contribution in [3.63, 3.8) is 0 Å². The summed E-state index contributed by atoms with van der Waals surface area (Å²) >= 11 is 0. The third-order valence-corrected chi connectivity index (χ3v) is 2.35. The highest BCUT2D eigenvalue weighted by Crippen LogP contribution is 2.11. The van der Waals surface area contributed by atoms with Crippen molar-refractivity contribution >= 4 is 23.8 Å². The third-order valence-electron chi connectivity index (χ3n) is 2.35. The Morgan fingerprint density at radius 2 is 2.17 bits per heavy atom. The van der Waals surface area contributed by atoms with Crippen molar-refractivity contribution in [3.8, 4) is 0 Å². The average Bonchev–Trinajstić information content (AvgIpc) is 2.32. The molecule has 1 rings (SSSR count). The van der Waals surface area contributed by atoms with E-state index in [1.807, 2.05) is 0 Å². The predicted octanol–water partition coefficient (Wildman–Crippen LogP) is 1.02. The quantitative estimate of drug-likeness (QED) is 0.777. The molecule has 0 aliphatic carbocycles. The molecule has 0 saturated carbocycles. The maximum atomic E-state index is 11.2. The van der Waals surface area contributed by atoms with Gasteiger partial charge in [-0.25, -0.2) is 9.97 Å². The van der Waals surface area contributed by atoms with E-state index >= 15 is 0 Å². The second kappa shape index (κ2) is 5.90. The van der Waals surface area contributed by atoms with Gasteiger partial charge in [0.15, 0.2) is 0 Å². The summed E-state index contributed by atoms with van der Waals surface area (Å²) in [6.45, 7) is 5.13. The number of primary amides is 1. The maximum absolute atomic E-state index is 11.2. The molecule has 6 nitrogen and oxygen atoms in total. The van der Waals surface area contributed by atoms with Crippen molar-refractivity contribution < 1.29 is 9.59 Å².